The minimum atomic E-state index is -0.543. The van der Waals surface area contributed by atoms with E-state index in [2.05, 4.69) is 0 Å². The summed E-state index contributed by atoms with van der Waals surface area (Å²) in [4.78, 5) is 9.47. The van der Waals surface area contributed by atoms with Crippen LogP contribution in [0.15, 0.2) is 22.9 Å². The number of hydrogen-bond acceptors (Lipinski definition) is 4. The molecule has 0 saturated heterocycles. The van der Waals surface area contributed by atoms with E-state index in [0.717, 1.165) is 11.8 Å². The maximum absolute atomic E-state index is 10.0. The van der Waals surface area contributed by atoms with Crippen LogP contribution in [0.1, 0.15) is 11.3 Å². The van der Waals surface area contributed by atoms with Crippen molar-refractivity contribution >= 4 is 6.08 Å². The summed E-state index contributed by atoms with van der Waals surface area (Å²) in [5.74, 6) is 0.457. The van der Waals surface area contributed by atoms with Gasteiger partial charge in [0.25, 0.3) is 0 Å². The van der Waals surface area contributed by atoms with Gasteiger partial charge in [0.15, 0.2) is 0 Å². The molecule has 0 saturated carbocycles. The van der Waals surface area contributed by atoms with Crippen molar-refractivity contribution in [3.8, 4) is 0 Å². The molecule has 5 heteroatoms. The Morgan fingerprint density at radius 3 is 3.15 bits per heavy atom. The minimum Gasteiger partial charge on any atom is -0.464 e. The highest BCUT2D eigenvalue weighted by atomic mass is 16.6. The number of rotatable bonds is 4. The summed E-state index contributed by atoms with van der Waals surface area (Å²) in [6, 6.07) is 1.71. The molecule has 0 atom stereocenters. The molecule has 1 rings (SSSR count). The molecular formula is C8H9NO4. The summed E-state index contributed by atoms with van der Waals surface area (Å²) in [7, 11) is 1.55. The molecule has 0 aliphatic heterocycles. The van der Waals surface area contributed by atoms with Crippen LogP contribution in [0.25, 0.3) is 6.08 Å². The van der Waals surface area contributed by atoms with E-state index < -0.39 is 4.92 Å². The Morgan fingerprint density at radius 1 is 1.77 bits per heavy atom. The zero-order valence-electron chi connectivity index (χ0n) is 7.10. The second-order valence-electron chi connectivity index (χ2n) is 2.34. The maximum Gasteiger partial charge on any atom is 0.238 e. The first-order valence-electron chi connectivity index (χ1n) is 3.61. The Morgan fingerprint density at radius 2 is 2.54 bits per heavy atom. The molecule has 0 aliphatic rings. The minimum absolute atomic E-state index is 0.383. The fourth-order valence-corrected chi connectivity index (χ4v) is 0.897. The van der Waals surface area contributed by atoms with Crippen molar-refractivity contribution < 1.29 is 14.1 Å². The Balaban J connectivity index is 2.75. The second kappa shape index (κ2) is 4.42. The van der Waals surface area contributed by atoms with Crippen LogP contribution in [-0.4, -0.2) is 12.0 Å². The number of methoxy groups -OCH3 is 1. The predicted molar refractivity (Wildman–Crippen MR) is 45.4 cm³/mol. The molecule has 0 fully saturated rings. The molecule has 1 aromatic rings. The number of ether oxygens (including phenoxy) is 1. The number of furan rings is 1. The molecule has 0 bridgehead atoms. The molecule has 0 radical (unpaired) electrons. The average Bonchev–Trinajstić information content (AvgIpc) is 2.49. The van der Waals surface area contributed by atoms with Gasteiger partial charge in [0.1, 0.15) is 5.76 Å². The average molecular weight is 183 g/mol. The van der Waals surface area contributed by atoms with Gasteiger partial charge in [0.05, 0.1) is 23.9 Å². The third kappa shape index (κ3) is 2.72. The van der Waals surface area contributed by atoms with Gasteiger partial charge in [0.2, 0.25) is 6.20 Å². The quantitative estimate of drug-likeness (QED) is 0.526. The van der Waals surface area contributed by atoms with Gasteiger partial charge in [-0.2, -0.15) is 0 Å². The van der Waals surface area contributed by atoms with Crippen molar-refractivity contribution in [2.75, 3.05) is 7.11 Å². The van der Waals surface area contributed by atoms with Gasteiger partial charge >= 0.3 is 0 Å². The molecule has 0 N–H and O–H groups in total. The first-order valence-corrected chi connectivity index (χ1v) is 3.61. The summed E-state index contributed by atoms with van der Waals surface area (Å²) < 4.78 is 9.87. The summed E-state index contributed by atoms with van der Waals surface area (Å²) in [6.45, 7) is 0.383. The van der Waals surface area contributed by atoms with Crippen molar-refractivity contribution in [2.45, 2.75) is 6.61 Å². The Hall–Kier alpha value is -1.62. The predicted octanol–water partition coefficient (Wildman–Crippen LogP) is 1.67. The van der Waals surface area contributed by atoms with Gasteiger partial charge < -0.3 is 9.15 Å². The van der Waals surface area contributed by atoms with Crippen LogP contribution < -0.4 is 0 Å². The molecule has 13 heavy (non-hydrogen) atoms. The molecule has 0 amide bonds. The van der Waals surface area contributed by atoms with Crippen molar-refractivity contribution in [3.63, 3.8) is 0 Å². The van der Waals surface area contributed by atoms with Crippen LogP contribution in [-0.2, 0) is 11.3 Å². The standard InChI is InChI=1S/C8H9NO4/c1-12-6-7-3-5-13-8(7)2-4-9(10)11/h2-5H,6H2,1H3/b4-2+. The fourth-order valence-electron chi connectivity index (χ4n) is 0.897. The van der Waals surface area contributed by atoms with Gasteiger partial charge in [-0.25, -0.2) is 0 Å². The van der Waals surface area contributed by atoms with Crippen LogP contribution in [0.5, 0.6) is 0 Å². The second-order valence-corrected chi connectivity index (χ2v) is 2.34. The van der Waals surface area contributed by atoms with E-state index in [9.17, 15) is 10.1 Å². The summed E-state index contributed by atoms with van der Waals surface area (Å²) in [6.07, 6.45) is 3.60. The molecule has 1 heterocycles. The lowest BCUT2D eigenvalue weighted by molar-refractivity contribution is -0.401. The van der Waals surface area contributed by atoms with E-state index in [1.165, 1.54) is 12.3 Å². The van der Waals surface area contributed by atoms with Crippen LogP contribution in [0.2, 0.25) is 0 Å². The highest BCUT2D eigenvalue weighted by Crippen LogP contribution is 2.13. The van der Waals surface area contributed by atoms with Crippen LogP contribution in [0, 0.1) is 10.1 Å². The number of hydrogen-bond donors (Lipinski definition) is 0. The Labute approximate surface area is 74.8 Å². The van der Waals surface area contributed by atoms with Gasteiger partial charge in [-0.3, -0.25) is 10.1 Å². The van der Waals surface area contributed by atoms with Crippen LogP contribution in [0.3, 0.4) is 0 Å². The topological polar surface area (TPSA) is 65.5 Å². The lowest BCUT2D eigenvalue weighted by Crippen LogP contribution is -1.87. The smallest absolute Gasteiger partial charge is 0.238 e. The summed E-state index contributed by atoms with van der Waals surface area (Å²) >= 11 is 0. The highest BCUT2D eigenvalue weighted by molar-refractivity contribution is 5.45. The van der Waals surface area contributed by atoms with Crippen LogP contribution in [0.4, 0.5) is 0 Å². The van der Waals surface area contributed by atoms with Crippen molar-refractivity contribution in [3.05, 3.63) is 40.0 Å². The molecule has 0 aliphatic carbocycles. The summed E-state index contributed by atoms with van der Waals surface area (Å²) in [5.41, 5.74) is 0.792. The van der Waals surface area contributed by atoms with Crippen LogP contribution >= 0.6 is 0 Å². The SMILES string of the molecule is COCc1ccoc1/C=C/[N+](=O)[O-]. The lowest BCUT2D eigenvalue weighted by Gasteiger charge is -1.94. The Bertz CT molecular complexity index is 316. The number of nitro groups is 1. The maximum atomic E-state index is 10.0. The van der Waals surface area contributed by atoms with E-state index in [-0.39, 0.29) is 0 Å². The third-order valence-electron chi connectivity index (χ3n) is 1.43. The van der Waals surface area contributed by atoms with E-state index in [1.54, 1.807) is 13.2 Å². The largest absolute Gasteiger partial charge is 0.464 e. The Kier molecular flexibility index (Phi) is 3.22. The fraction of sp³-hybridized carbons (Fsp3) is 0.250. The molecule has 0 aromatic carbocycles. The van der Waals surface area contributed by atoms with E-state index >= 15 is 0 Å². The van der Waals surface area contributed by atoms with Gasteiger partial charge in [-0.1, -0.05) is 0 Å². The van der Waals surface area contributed by atoms with Crippen molar-refractivity contribution in [1.82, 2.24) is 0 Å². The first-order chi connectivity index (χ1) is 6.24. The third-order valence-corrected chi connectivity index (χ3v) is 1.43. The van der Waals surface area contributed by atoms with Gasteiger partial charge in [-0.15, -0.1) is 0 Å². The van der Waals surface area contributed by atoms with Crippen molar-refractivity contribution in [2.24, 2.45) is 0 Å². The zero-order chi connectivity index (χ0) is 9.68. The molecule has 1 aromatic heterocycles. The molecule has 5 nitrogen and oxygen atoms in total. The van der Waals surface area contributed by atoms with Crippen molar-refractivity contribution in [1.29, 1.82) is 0 Å². The monoisotopic (exact) mass is 183 g/mol. The van der Waals surface area contributed by atoms with E-state index in [4.69, 9.17) is 9.15 Å². The summed E-state index contributed by atoms with van der Waals surface area (Å²) in [5, 5.41) is 10.0. The molecular weight excluding hydrogens is 174 g/mol. The lowest BCUT2D eigenvalue weighted by atomic mass is 10.2. The molecule has 0 spiro atoms. The molecule has 0 unspecified atom stereocenters. The van der Waals surface area contributed by atoms with E-state index in [0.29, 0.717) is 12.4 Å². The van der Waals surface area contributed by atoms with E-state index in [1.807, 2.05) is 0 Å². The first kappa shape index (κ1) is 9.47. The zero-order valence-corrected chi connectivity index (χ0v) is 7.10. The number of nitrogens with zero attached hydrogens (tertiary/aromatic N) is 1. The normalized spacial score (nSPS) is 10.8. The molecule has 70 valence electrons. The highest BCUT2D eigenvalue weighted by Gasteiger charge is 2.03. The van der Waals surface area contributed by atoms with Gasteiger partial charge in [-0.05, 0) is 6.07 Å². The van der Waals surface area contributed by atoms with Gasteiger partial charge in [0, 0.05) is 12.7 Å².